The maximum absolute atomic E-state index is 10.7. The normalized spacial score (nSPS) is 38.1. The van der Waals surface area contributed by atoms with Crippen LogP contribution in [-0.2, 0) is 14.2 Å². The highest BCUT2D eigenvalue weighted by atomic mass is 32.2. The summed E-state index contributed by atoms with van der Waals surface area (Å²) in [6, 6.07) is 0. The van der Waals surface area contributed by atoms with E-state index >= 15 is 0 Å². The molecule has 0 aromatic rings. The molecule has 10 atom stereocenters. The summed E-state index contributed by atoms with van der Waals surface area (Å²) in [6.07, 6.45) is -0.352. The standard InChI is InChI=1S/C24H46O10S/c1-2-3-4-5-6-7-8-9-10-11-12-35-24-21(31)19(29)22(16(14-26)33-24)34-23-20(30)18(28)17(27)15(13-25)32-23/h15-31H,2-14H2,1H3. The first kappa shape index (κ1) is 31.2. The van der Waals surface area contributed by atoms with Crippen molar-refractivity contribution >= 4 is 11.8 Å². The zero-order chi connectivity index (χ0) is 25.8. The predicted octanol–water partition coefficient (Wildman–Crippen LogP) is 0.265. The van der Waals surface area contributed by atoms with Crippen molar-refractivity contribution in [3.8, 4) is 0 Å². The van der Waals surface area contributed by atoms with Crippen LogP contribution in [0.1, 0.15) is 71.1 Å². The molecule has 2 saturated heterocycles. The molecule has 11 heteroatoms. The molecular formula is C24H46O10S. The van der Waals surface area contributed by atoms with Crippen LogP contribution in [0, 0.1) is 0 Å². The highest BCUT2D eigenvalue weighted by Crippen LogP contribution is 2.33. The molecular weight excluding hydrogens is 480 g/mol. The zero-order valence-corrected chi connectivity index (χ0v) is 21.5. The first-order chi connectivity index (χ1) is 16.8. The van der Waals surface area contributed by atoms with Crippen LogP contribution < -0.4 is 0 Å². The molecule has 10 unspecified atom stereocenters. The fourth-order valence-electron chi connectivity index (χ4n) is 4.48. The lowest BCUT2D eigenvalue weighted by Crippen LogP contribution is -2.64. The van der Waals surface area contributed by atoms with Gasteiger partial charge in [-0.3, -0.25) is 0 Å². The van der Waals surface area contributed by atoms with Crippen molar-refractivity contribution in [1.82, 2.24) is 0 Å². The number of hydrogen-bond donors (Lipinski definition) is 7. The van der Waals surface area contributed by atoms with Gasteiger partial charge in [-0.2, -0.15) is 0 Å². The molecule has 0 aromatic carbocycles. The van der Waals surface area contributed by atoms with Crippen LogP contribution in [0.15, 0.2) is 0 Å². The summed E-state index contributed by atoms with van der Waals surface area (Å²) in [5.74, 6) is 0.737. The van der Waals surface area contributed by atoms with Crippen molar-refractivity contribution in [3.05, 3.63) is 0 Å². The lowest BCUT2D eigenvalue weighted by Gasteiger charge is -2.46. The van der Waals surface area contributed by atoms with Gasteiger partial charge in [0.05, 0.1) is 13.2 Å². The molecule has 0 spiro atoms. The van der Waals surface area contributed by atoms with E-state index in [1.165, 1.54) is 63.1 Å². The smallest absolute Gasteiger partial charge is 0.187 e. The maximum Gasteiger partial charge on any atom is 0.187 e. The fourth-order valence-corrected chi connectivity index (χ4v) is 5.66. The lowest BCUT2D eigenvalue weighted by atomic mass is 9.97. The Bertz CT molecular complexity index is 554. The molecule has 0 bridgehead atoms. The van der Waals surface area contributed by atoms with E-state index in [0.29, 0.717) is 0 Å². The molecule has 0 aliphatic carbocycles. The Kier molecular flexibility index (Phi) is 14.9. The van der Waals surface area contributed by atoms with E-state index in [2.05, 4.69) is 6.92 Å². The summed E-state index contributed by atoms with van der Waals surface area (Å²) in [4.78, 5) is 0. The third-order valence-electron chi connectivity index (χ3n) is 6.74. The number of aliphatic hydroxyl groups is 7. The van der Waals surface area contributed by atoms with Crippen molar-refractivity contribution in [3.63, 3.8) is 0 Å². The van der Waals surface area contributed by atoms with Gasteiger partial charge in [-0.1, -0.05) is 64.7 Å². The number of ether oxygens (including phenoxy) is 3. The number of hydrogen-bond acceptors (Lipinski definition) is 11. The number of thioether (sulfide) groups is 1. The molecule has 35 heavy (non-hydrogen) atoms. The Morgan fingerprint density at radius 3 is 1.77 bits per heavy atom. The zero-order valence-electron chi connectivity index (χ0n) is 20.7. The minimum absolute atomic E-state index is 0.513. The Hall–Kier alpha value is -0.0500. The molecule has 0 amide bonds. The third kappa shape index (κ3) is 9.33. The van der Waals surface area contributed by atoms with Crippen molar-refractivity contribution in [2.24, 2.45) is 0 Å². The van der Waals surface area contributed by atoms with Crippen LogP contribution in [0.3, 0.4) is 0 Å². The second-order valence-corrected chi connectivity index (χ2v) is 10.8. The van der Waals surface area contributed by atoms with E-state index in [4.69, 9.17) is 14.2 Å². The summed E-state index contributed by atoms with van der Waals surface area (Å²) in [5, 5.41) is 70.4. The first-order valence-corrected chi connectivity index (χ1v) is 14.1. The van der Waals surface area contributed by atoms with Crippen LogP contribution in [-0.4, -0.2) is 115 Å². The van der Waals surface area contributed by atoms with Gasteiger partial charge in [0.15, 0.2) is 6.29 Å². The lowest BCUT2D eigenvalue weighted by molar-refractivity contribution is -0.338. The SMILES string of the molecule is CCCCCCCCCCCCSC1OC(CO)C(OC2OC(CO)C(O)C(O)C2O)C(O)C1O. The van der Waals surface area contributed by atoms with E-state index in [0.717, 1.165) is 18.6 Å². The van der Waals surface area contributed by atoms with E-state index in [-0.39, 0.29) is 0 Å². The minimum Gasteiger partial charge on any atom is -0.394 e. The Labute approximate surface area is 212 Å². The third-order valence-corrected chi connectivity index (χ3v) is 7.98. The molecule has 10 nitrogen and oxygen atoms in total. The van der Waals surface area contributed by atoms with Crippen LogP contribution in [0.5, 0.6) is 0 Å². The molecule has 2 rings (SSSR count). The van der Waals surface area contributed by atoms with Gasteiger partial charge in [0.2, 0.25) is 0 Å². The van der Waals surface area contributed by atoms with Gasteiger partial charge in [-0.05, 0) is 12.2 Å². The quantitative estimate of drug-likeness (QED) is 0.138. The highest BCUT2D eigenvalue weighted by Gasteiger charge is 2.50. The average Bonchev–Trinajstić information content (AvgIpc) is 2.86. The molecule has 0 aromatic heterocycles. The van der Waals surface area contributed by atoms with E-state index < -0.39 is 73.8 Å². The van der Waals surface area contributed by atoms with Gasteiger partial charge in [-0.25, -0.2) is 0 Å². The summed E-state index contributed by atoms with van der Waals surface area (Å²) >= 11 is 1.37. The summed E-state index contributed by atoms with van der Waals surface area (Å²) < 4.78 is 16.7. The fraction of sp³-hybridized carbons (Fsp3) is 1.00. The van der Waals surface area contributed by atoms with Crippen molar-refractivity contribution in [2.45, 2.75) is 132 Å². The molecule has 0 radical (unpaired) electrons. The largest absolute Gasteiger partial charge is 0.394 e. The number of unbranched alkanes of at least 4 members (excludes halogenated alkanes) is 9. The van der Waals surface area contributed by atoms with Gasteiger partial charge in [0.1, 0.15) is 54.3 Å². The molecule has 2 heterocycles. The Morgan fingerprint density at radius 2 is 1.20 bits per heavy atom. The molecule has 2 fully saturated rings. The van der Waals surface area contributed by atoms with E-state index in [1.54, 1.807) is 0 Å². The van der Waals surface area contributed by atoms with Crippen LogP contribution in [0.4, 0.5) is 0 Å². The predicted molar refractivity (Wildman–Crippen MR) is 131 cm³/mol. The summed E-state index contributed by atoms with van der Waals surface area (Å²) in [6.45, 7) is 1.08. The van der Waals surface area contributed by atoms with Gasteiger partial charge in [-0.15, -0.1) is 11.8 Å². The van der Waals surface area contributed by atoms with Gasteiger partial charge in [0, 0.05) is 0 Å². The summed E-state index contributed by atoms with van der Waals surface area (Å²) in [5.41, 5.74) is -0.754. The number of aliphatic hydroxyl groups excluding tert-OH is 7. The highest BCUT2D eigenvalue weighted by molar-refractivity contribution is 7.99. The summed E-state index contributed by atoms with van der Waals surface area (Å²) in [7, 11) is 0. The Balaban J connectivity index is 1.74. The minimum atomic E-state index is -1.67. The number of rotatable bonds is 16. The molecule has 2 aliphatic heterocycles. The van der Waals surface area contributed by atoms with Crippen LogP contribution in [0.25, 0.3) is 0 Å². The van der Waals surface area contributed by atoms with Gasteiger partial charge < -0.3 is 50.0 Å². The first-order valence-electron chi connectivity index (χ1n) is 13.1. The van der Waals surface area contributed by atoms with Crippen molar-refractivity contribution in [2.75, 3.05) is 19.0 Å². The van der Waals surface area contributed by atoms with Crippen molar-refractivity contribution in [1.29, 1.82) is 0 Å². The van der Waals surface area contributed by atoms with Gasteiger partial charge >= 0.3 is 0 Å². The van der Waals surface area contributed by atoms with Crippen LogP contribution >= 0.6 is 11.8 Å². The Morgan fingerprint density at radius 1 is 0.629 bits per heavy atom. The molecule has 208 valence electrons. The van der Waals surface area contributed by atoms with Crippen LogP contribution in [0.2, 0.25) is 0 Å². The molecule has 7 N–H and O–H groups in total. The molecule has 0 saturated carbocycles. The average molecular weight is 527 g/mol. The monoisotopic (exact) mass is 526 g/mol. The van der Waals surface area contributed by atoms with E-state index in [9.17, 15) is 35.7 Å². The second kappa shape index (κ2) is 16.7. The van der Waals surface area contributed by atoms with Gasteiger partial charge in [0.25, 0.3) is 0 Å². The molecule has 2 aliphatic rings. The maximum atomic E-state index is 10.7. The second-order valence-electron chi connectivity index (χ2n) is 9.56. The topological polar surface area (TPSA) is 169 Å². The van der Waals surface area contributed by atoms with Crippen molar-refractivity contribution < 1.29 is 50.0 Å². The van der Waals surface area contributed by atoms with E-state index in [1.807, 2.05) is 0 Å².